The molecule has 1 aliphatic heterocycles. The van der Waals surface area contributed by atoms with E-state index in [-0.39, 0.29) is 24.5 Å². The van der Waals surface area contributed by atoms with E-state index in [2.05, 4.69) is 0 Å². The maximum absolute atomic E-state index is 12.1. The summed E-state index contributed by atoms with van der Waals surface area (Å²) in [5, 5.41) is 18.1. The van der Waals surface area contributed by atoms with Gasteiger partial charge in [-0.3, -0.25) is 9.59 Å². The van der Waals surface area contributed by atoms with Crippen LogP contribution in [0.15, 0.2) is 0 Å². The number of aliphatic hydroxyl groups excluding tert-OH is 1. The zero-order valence-corrected chi connectivity index (χ0v) is 9.84. The molecule has 1 amide bonds. The number of rotatable bonds is 3. The average Bonchev–Trinajstić information content (AvgIpc) is 3.11. The highest BCUT2D eigenvalue weighted by atomic mass is 16.4. The van der Waals surface area contributed by atoms with E-state index in [0.29, 0.717) is 13.0 Å². The molecule has 1 heterocycles. The Bertz CT molecular complexity index is 318. The molecule has 2 N–H and O–H groups in total. The molecule has 1 saturated carbocycles. The lowest BCUT2D eigenvalue weighted by molar-refractivity contribution is -0.143. The van der Waals surface area contributed by atoms with Crippen LogP contribution in [-0.4, -0.2) is 46.2 Å². The monoisotopic (exact) mass is 241 g/mol. The minimum atomic E-state index is -0.876. The van der Waals surface area contributed by atoms with Gasteiger partial charge in [-0.25, -0.2) is 0 Å². The number of likely N-dealkylation sites (tertiary alicyclic amines) is 1. The smallest absolute Gasteiger partial charge is 0.307 e. The predicted octanol–water partition coefficient (Wildman–Crippen LogP) is 0.471. The zero-order chi connectivity index (χ0) is 12.4. The number of carboxylic acid groups (broad SMARTS) is 1. The normalized spacial score (nSPS) is 33.0. The Morgan fingerprint density at radius 3 is 2.53 bits per heavy atom. The summed E-state index contributed by atoms with van der Waals surface area (Å²) in [6, 6.07) is -0.111. The second-order valence-corrected chi connectivity index (χ2v) is 5.00. The summed E-state index contributed by atoms with van der Waals surface area (Å²) in [4.78, 5) is 24.6. The lowest BCUT2D eigenvalue weighted by Crippen LogP contribution is -2.43. The van der Waals surface area contributed by atoms with Crippen molar-refractivity contribution in [1.29, 1.82) is 0 Å². The number of hydrogen-bond donors (Lipinski definition) is 2. The van der Waals surface area contributed by atoms with Crippen molar-refractivity contribution < 1.29 is 19.8 Å². The van der Waals surface area contributed by atoms with Gasteiger partial charge in [0, 0.05) is 6.54 Å². The van der Waals surface area contributed by atoms with Crippen molar-refractivity contribution in [3.63, 3.8) is 0 Å². The molecule has 5 heteroatoms. The number of carbonyl (C=O) groups is 2. The van der Waals surface area contributed by atoms with Crippen LogP contribution in [0, 0.1) is 11.8 Å². The number of hydrogen-bond acceptors (Lipinski definition) is 3. The Morgan fingerprint density at radius 2 is 1.94 bits per heavy atom. The topological polar surface area (TPSA) is 77.8 Å². The first kappa shape index (κ1) is 12.4. The van der Waals surface area contributed by atoms with Gasteiger partial charge >= 0.3 is 5.97 Å². The van der Waals surface area contributed by atoms with Crippen LogP contribution in [0.25, 0.3) is 0 Å². The Labute approximate surface area is 100 Å². The Morgan fingerprint density at radius 1 is 1.18 bits per heavy atom. The van der Waals surface area contributed by atoms with Gasteiger partial charge in [0.1, 0.15) is 0 Å². The molecule has 0 aromatic carbocycles. The minimum absolute atomic E-state index is 0.0177. The first-order chi connectivity index (χ1) is 8.15. The molecule has 0 spiro atoms. The molecule has 17 heavy (non-hydrogen) atoms. The van der Waals surface area contributed by atoms with Crippen LogP contribution in [0.2, 0.25) is 0 Å². The first-order valence-corrected chi connectivity index (χ1v) is 6.29. The summed E-state index contributed by atoms with van der Waals surface area (Å²) in [5.41, 5.74) is 0. The van der Waals surface area contributed by atoms with E-state index in [1.54, 1.807) is 4.90 Å². The maximum Gasteiger partial charge on any atom is 0.307 e. The third-order valence-electron chi connectivity index (χ3n) is 3.80. The van der Waals surface area contributed by atoms with E-state index < -0.39 is 11.9 Å². The summed E-state index contributed by atoms with van der Waals surface area (Å²) < 4.78 is 0. The van der Waals surface area contributed by atoms with Crippen molar-refractivity contribution in [2.45, 2.75) is 38.1 Å². The molecule has 0 aromatic heterocycles. The molecule has 96 valence electrons. The van der Waals surface area contributed by atoms with E-state index in [4.69, 9.17) is 5.11 Å². The van der Waals surface area contributed by atoms with Crippen molar-refractivity contribution in [3.05, 3.63) is 0 Å². The van der Waals surface area contributed by atoms with Crippen molar-refractivity contribution in [1.82, 2.24) is 4.90 Å². The summed E-state index contributed by atoms with van der Waals surface area (Å²) in [6.07, 6.45) is 4.34. The van der Waals surface area contributed by atoms with E-state index in [9.17, 15) is 14.7 Å². The molecule has 0 aromatic rings. The minimum Gasteiger partial charge on any atom is -0.481 e. The fourth-order valence-electron chi connectivity index (χ4n) is 2.61. The van der Waals surface area contributed by atoms with Gasteiger partial charge in [-0.05, 0) is 19.3 Å². The summed E-state index contributed by atoms with van der Waals surface area (Å²) >= 11 is 0. The van der Waals surface area contributed by atoms with Crippen LogP contribution in [0.5, 0.6) is 0 Å². The van der Waals surface area contributed by atoms with E-state index in [1.807, 2.05) is 0 Å². The molecule has 5 nitrogen and oxygen atoms in total. The number of aliphatic hydroxyl groups is 1. The van der Waals surface area contributed by atoms with Crippen LogP contribution in [-0.2, 0) is 9.59 Å². The zero-order valence-electron chi connectivity index (χ0n) is 9.84. The largest absolute Gasteiger partial charge is 0.481 e. The molecular weight excluding hydrogens is 222 g/mol. The third kappa shape index (κ3) is 2.60. The van der Waals surface area contributed by atoms with Crippen LogP contribution in [0.3, 0.4) is 0 Å². The van der Waals surface area contributed by atoms with E-state index >= 15 is 0 Å². The van der Waals surface area contributed by atoms with Gasteiger partial charge in [-0.15, -0.1) is 0 Å². The quantitative estimate of drug-likeness (QED) is 0.753. The Balaban J connectivity index is 1.99. The fraction of sp³-hybridized carbons (Fsp3) is 0.833. The third-order valence-corrected chi connectivity index (χ3v) is 3.80. The number of amides is 1. The summed E-state index contributed by atoms with van der Waals surface area (Å²) in [5.74, 6) is -1.79. The summed E-state index contributed by atoms with van der Waals surface area (Å²) in [6.45, 7) is 0.642. The fourth-order valence-corrected chi connectivity index (χ4v) is 2.61. The molecule has 3 atom stereocenters. The SMILES string of the molecule is O=C(O)C1CC1C(=O)N1CCCCCC1CO. The van der Waals surface area contributed by atoms with Crippen LogP contribution < -0.4 is 0 Å². The molecule has 2 rings (SSSR count). The highest BCUT2D eigenvalue weighted by molar-refractivity contribution is 5.89. The van der Waals surface area contributed by atoms with Crippen molar-refractivity contribution in [2.24, 2.45) is 11.8 Å². The maximum atomic E-state index is 12.1. The van der Waals surface area contributed by atoms with Gasteiger partial charge in [0.25, 0.3) is 0 Å². The molecule has 1 saturated heterocycles. The molecule has 0 radical (unpaired) electrons. The van der Waals surface area contributed by atoms with Gasteiger partial charge in [-0.1, -0.05) is 12.8 Å². The van der Waals surface area contributed by atoms with Crippen molar-refractivity contribution in [2.75, 3.05) is 13.2 Å². The van der Waals surface area contributed by atoms with Crippen molar-refractivity contribution in [3.8, 4) is 0 Å². The first-order valence-electron chi connectivity index (χ1n) is 6.29. The number of nitrogens with zero attached hydrogens (tertiary/aromatic N) is 1. The molecule has 3 unspecified atom stereocenters. The molecule has 2 fully saturated rings. The van der Waals surface area contributed by atoms with Gasteiger partial charge < -0.3 is 15.1 Å². The van der Waals surface area contributed by atoms with E-state index in [1.165, 1.54) is 0 Å². The molecular formula is C12H19NO4. The lowest BCUT2D eigenvalue weighted by atomic mass is 10.1. The molecule has 1 aliphatic carbocycles. The van der Waals surface area contributed by atoms with Gasteiger partial charge in [0.15, 0.2) is 0 Å². The number of carbonyl (C=O) groups excluding carboxylic acids is 1. The van der Waals surface area contributed by atoms with Crippen LogP contribution in [0.1, 0.15) is 32.1 Å². The average molecular weight is 241 g/mol. The van der Waals surface area contributed by atoms with Crippen LogP contribution >= 0.6 is 0 Å². The molecule has 0 bridgehead atoms. The van der Waals surface area contributed by atoms with Crippen LogP contribution in [0.4, 0.5) is 0 Å². The standard InChI is InChI=1S/C12H19NO4/c14-7-8-4-2-1-3-5-13(8)11(15)9-6-10(9)12(16)17/h8-10,14H,1-7H2,(H,16,17). The molecule has 2 aliphatic rings. The highest BCUT2D eigenvalue weighted by Gasteiger charge is 2.50. The number of aliphatic carboxylic acids is 1. The van der Waals surface area contributed by atoms with Crippen molar-refractivity contribution >= 4 is 11.9 Å². The predicted molar refractivity (Wildman–Crippen MR) is 60.3 cm³/mol. The van der Waals surface area contributed by atoms with E-state index in [0.717, 1.165) is 25.7 Å². The Hall–Kier alpha value is -1.10. The van der Waals surface area contributed by atoms with Gasteiger partial charge in [-0.2, -0.15) is 0 Å². The van der Waals surface area contributed by atoms with Gasteiger partial charge in [0.2, 0.25) is 5.91 Å². The highest BCUT2D eigenvalue weighted by Crippen LogP contribution is 2.40. The second kappa shape index (κ2) is 5.04. The lowest BCUT2D eigenvalue weighted by Gasteiger charge is -2.28. The summed E-state index contributed by atoms with van der Waals surface area (Å²) in [7, 11) is 0. The Kier molecular flexibility index (Phi) is 3.66. The second-order valence-electron chi connectivity index (χ2n) is 5.00. The van der Waals surface area contributed by atoms with Gasteiger partial charge in [0.05, 0.1) is 24.5 Å². The number of carboxylic acids is 1.